The van der Waals surface area contributed by atoms with Crippen LogP contribution in [0.4, 0.5) is 4.39 Å². The van der Waals surface area contributed by atoms with Crippen molar-refractivity contribution in [3.63, 3.8) is 0 Å². The van der Waals surface area contributed by atoms with E-state index in [9.17, 15) is 17.9 Å². The summed E-state index contributed by atoms with van der Waals surface area (Å²) in [5.41, 5.74) is 0.765. The van der Waals surface area contributed by atoms with Crippen molar-refractivity contribution in [3.05, 3.63) is 47.0 Å². The van der Waals surface area contributed by atoms with E-state index in [0.717, 1.165) is 23.8 Å². The molecule has 0 radical (unpaired) electrons. The van der Waals surface area contributed by atoms with Crippen LogP contribution in [0.25, 0.3) is 0 Å². The molecule has 0 aliphatic carbocycles. The molecule has 2 rings (SSSR count). The van der Waals surface area contributed by atoms with Crippen LogP contribution < -0.4 is 4.72 Å². The lowest BCUT2D eigenvalue weighted by molar-refractivity contribution is 0.256. The summed E-state index contributed by atoms with van der Waals surface area (Å²) in [5, 5.41) is 13.3. The van der Waals surface area contributed by atoms with E-state index in [0.29, 0.717) is 0 Å². The second-order valence-corrected chi connectivity index (χ2v) is 6.98. The minimum atomic E-state index is -3.99. The monoisotopic (exact) mass is 347 g/mol. The van der Waals surface area contributed by atoms with Gasteiger partial charge in [-0.3, -0.25) is 4.68 Å². The second kappa shape index (κ2) is 6.74. The second-order valence-electron chi connectivity index (χ2n) is 4.83. The van der Waals surface area contributed by atoms with E-state index >= 15 is 0 Å². The van der Waals surface area contributed by atoms with Gasteiger partial charge in [-0.25, -0.2) is 17.5 Å². The topological polar surface area (TPSA) is 84.2 Å². The molecule has 0 spiro atoms. The van der Waals surface area contributed by atoms with Crippen LogP contribution in [-0.4, -0.2) is 36.0 Å². The molecular weight excluding hydrogens is 333 g/mol. The number of halogens is 2. The Morgan fingerprint density at radius 2 is 2.18 bits per heavy atom. The molecule has 120 valence electrons. The number of benzene rings is 1. The van der Waals surface area contributed by atoms with Gasteiger partial charge in [0.1, 0.15) is 5.82 Å². The fourth-order valence-electron chi connectivity index (χ4n) is 1.98. The highest BCUT2D eigenvalue weighted by Gasteiger charge is 2.21. The molecular formula is C13H15ClFN3O3S. The molecule has 1 heterocycles. The molecule has 0 bridgehead atoms. The summed E-state index contributed by atoms with van der Waals surface area (Å²) in [6, 6.07) is 2.27. The van der Waals surface area contributed by atoms with Crippen LogP contribution in [0.2, 0.25) is 5.02 Å². The predicted molar refractivity (Wildman–Crippen MR) is 79.5 cm³/mol. The summed E-state index contributed by atoms with van der Waals surface area (Å²) in [6.45, 7) is -0.406. The van der Waals surface area contributed by atoms with Crippen LogP contribution in [-0.2, 0) is 23.5 Å². The highest BCUT2D eigenvalue weighted by Crippen LogP contribution is 2.18. The summed E-state index contributed by atoms with van der Waals surface area (Å²) >= 11 is 5.67. The van der Waals surface area contributed by atoms with Gasteiger partial charge in [-0.05, 0) is 30.2 Å². The first-order chi connectivity index (χ1) is 10.3. The summed E-state index contributed by atoms with van der Waals surface area (Å²) < 4.78 is 41.7. The number of aliphatic hydroxyl groups excluding tert-OH is 1. The molecule has 9 heteroatoms. The third-order valence-electron chi connectivity index (χ3n) is 2.93. The number of hydrogen-bond donors (Lipinski definition) is 2. The van der Waals surface area contributed by atoms with Crippen LogP contribution in [0.3, 0.4) is 0 Å². The molecule has 2 aromatic rings. The number of aliphatic hydroxyl groups is 1. The molecule has 2 N–H and O–H groups in total. The van der Waals surface area contributed by atoms with Crippen molar-refractivity contribution in [1.82, 2.24) is 14.5 Å². The Morgan fingerprint density at radius 3 is 2.73 bits per heavy atom. The number of nitrogens with zero attached hydrogens (tertiary/aromatic N) is 2. The van der Waals surface area contributed by atoms with Crippen LogP contribution in [0.1, 0.15) is 5.56 Å². The smallest absolute Gasteiger partial charge is 0.241 e. The number of aromatic nitrogens is 2. The van der Waals surface area contributed by atoms with Gasteiger partial charge in [0.25, 0.3) is 0 Å². The molecule has 0 fully saturated rings. The van der Waals surface area contributed by atoms with E-state index < -0.39 is 28.5 Å². The van der Waals surface area contributed by atoms with Crippen molar-refractivity contribution in [1.29, 1.82) is 0 Å². The van der Waals surface area contributed by atoms with Crippen molar-refractivity contribution in [3.8, 4) is 0 Å². The van der Waals surface area contributed by atoms with Crippen molar-refractivity contribution in [2.45, 2.75) is 17.4 Å². The van der Waals surface area contributed by atoms with Gasteiger partial charge in [0.2, 0.25) is 10.0 Å². The fourth-order valence-corrected chi connectivity index (χ4v) is 3.55. The molecule has 0 saturated carbocycles. The lowest BCUT2D eigenvalue weighted by atomic mass is 10.1. The Labute approximate surface area is 132 Å². The maximum Gasteiger partial charge on any atom is 0.241 e. The molecule has 0 aliphatic rings. The minimum Gasteiger partial charge on any atom is -0.395 e. The lowest BCUT2D eigenvalue weighted by Crippen LogP contribution is -2.39. The lowest BCUT2D eigenvalue weighted by Gasteiger charge is -2.16. The highest BCUT2D eigenvalue weighted by molar-refractivity contribution is 7.89. The normalized spacial score (nSPS) is 13.3. The highest BCUT2D eigenvalue weighted by atomic mass is 35.5. The van der Waals surface area contributed by atoms with Crippen LogP contribution in [0, 0.1) is 5.82 Å². The molecule has 0 saturated heterocycles. The molecule has 0 amide bonds. The largest absolute Gasteiger partial charge is 0.395 e. The SMILES string of the molecule is Cn1cc(CC(CO)NS(=O)(=O)c2cc(F)cc(Cl)c2)cn1. The van der Waals surface area contributed by atoms with Crippen LogP contribution >= 0.6 is 11.6 Å². The van der Waals surface area contributed by atoms with Gasteiger partial charge in [-0.2, -0.15) is 5.10 Å². The Morgan fingerprint density at radius 1 is 1.45 bits per heavy atom. The van der Waals surface area contributed by atoms with Gasteiger partial charge in [0.15, 0.2) is 0 Å². The molecule has 6 nitrogen and oxygen atoms in total. The van der Waals surface area contributed by atoms with E-state index in [2.05, 4.69) is 9.82 Å². The van der Waals surface area contributed by atoms with Gasteiger partial charge < -0.3 is 5.11 Å². The van der Waals surface area contributed by atoms with Crippen molar-refractivity contribution in [2.75, 3.05) is 6.61 Å². The van der Waals surface area contributed by atoms with E-state index in [4.69, 9.17) is 11.6 Å². The predicted octanol–water partition coefficient (Wildman–Crippen LogP) is 1.09. The summed E-state index contributed by atoms with van der Waals surface area (Å²) in [7, 11) is -2.26. The van der Waals surface area contributed by atoms with Crippen molar-refractivity contribution < 1.29 is 17.9 Å². The quantitative estimate of drug-likeness (QED) is 0.819. The first-order valence-corrected chi connectivity index (χ1v) is 8.23. The summed E-state index contributed by atoms with van der Waals surface area (Å²) in [4.78, 5) is -0.290. The Hall–Kier alpha value is -1.48. The molecule has 1 aromatic carbocycles. The molecule has 1 unspecified atom stereocenters. The number of sulfonamides is 1. The van der Waals surface area contributed by atoms with Crippen molar-refractivity contribution >= 4 is 21.6 Å². The van der Waals surface area contributed by atoms with Crippen molar-refractivity contribution in [2.24, 2.45) is 7.05 Å². The standard InChI is InChI=1S/C13H15ClFN3O3S/c1-18-7-9(6-16-18)2-12(8-19)17-22(20,21)13-4-10(14)3-11(15)5-13/h3-7,12,17,19H,2,8H2,1H3. The van der Waals surface area contributed by atoms with E-state index in [-0.39, 0.29) is 16.3 Å². The number of aryl methyl sites for hydroxylation is 1. The zero-order chi connectivity index (χ0) is 16.3. The zero-order valence-corrected chi connectivity index (χ0v) is 13.3. The molecule has 22 heavy (non-hydrogen) atoms. The Kier molecular flexibility index (Phi) is 5.17. The minimum absolute atomic E-state index is 0.0202. The van der Waals surface area contributed by atoms with Gasteiger partial charge in [0.05, 0.1) is 17.7 Å². The summed E-state index contributed by atoms with van der Waals surface area (Å²) in [5.74, 6) is -0.749. The molecule has 0 aliphatic heterocycles. The Balaban J connectivity index is 2.18. The van der Waals surface area contributed by atoms with E-state index in [1.807, 2.05) is 0 Å². The average Bonchev–Trinajstić information content (AvgIpc) is 2.82. The third-order valence-corrected chi connectivity index (χ3v) is 4.65. The number of nitrogens with one attached hydrogen (secondary N) is 1. The average molecular weight is 348 g/mol. The summed E-state index contributed by atoms with van der Waals surface area (Å²) in [6.07, 6.45) is 3.55. The first kappa shape index (κ1) is 16.9. The van der Waals surface area contributed by atoms with Gasteiger partial charge in [-0.15, -0.1) is 0 Å². The van der Waals surface area contributed by atoms with Gasteiger partial charge in [-0.1, -0.05) is 11.6 Å². The fraction of sp³-hybridized carbons (Fsp3) is 0.308. The van der Waals surface area contributed by atoms with Crippen LogP contribution in [0.5, 0.6) is 0 Å². The first-order valence-electron chi connectivity index (χ1n) is 6.37. The number of hydrogen-bond acceptors (Lipinski definition) is 4. The van der Waals surface area contributed by atoms with Crippen LogP contribution in [0.15, 0.2) is 35.5 Å². The third kappa shape index (κ3) is 4.26. The van der Waals surface area contributed by atoms with E-state index in [1.54, 1.807) is 24.1 Å². The maximum atomic E-state index is 13.3. The Bertz CT molecular complexity index is 743. The molecule has 1 atom stereocenters. The maximum absolute atomic E-state index is 13.3. The zero-order valence-electron chi connectivity index (χ0n) is 11.7. The van der Waals surface area contributed by atoms with E-state index in [1.165, 1.54) is 0 Å². The van der Waals surface area contributed by atoms with Gasteiger partial charge >= 0.3 is 0 Å². The molecule has 1 aromatic heterocycles. The number of rotatable bonds is 6. The van der Waals surface area contributed by atoms with Gasteiger partial charge in [0, 0.05) is 24.3 Å².